The lowest BCUT2D eigenvalue weighted by Crippen LogP contribution is -2.77. The minimum atomic E-state index is -3.02. The first-order chi connectivity index (χ1) is 16.9. The number of nitrogens with zero attached hydrogens (tertiary/aromatic N) is 1. The molecule has 0 aliphatic heterocycles. The summed E-state index contributed by atoms with van der Waals surface area (Å²) in [7, 11) is 2.88. The third kappa shape index (κ3) is 3.54. The summed E-state index contributed by atoms with van der Waals surface area (Å²) in [6.45, 7) is -0.138. The number of benzene rings is 1. The van der Waals surface area contributed by atoms with Crippen molar-refractivity contribution in [2.24, 2.45) is 29.4 Å². The number of aromatic hydroxyl groups is 1. The highest BCUT2D eigenvalue weighted by Crippen LogP contribution is 2.55. The highest BCUT2D eigenvalue weighted by atomic mass is 32.2. The normalized spacial score (nSPS) is 35.9. The third-order valence-corrected chi connectivity index (χ3v) is 8.75. The van der Waals surface area contributed by atoms with Crippen molar-refractivity contribution in [3.8, 4) is 5.75 Å². The summed E-state index contributed by atoms with van der Waals surface area (Å²) in [4.78, 5) is 67.4. The Hall–Kier alpha value is -2.64. The summed E-state index contributed by atoms with van der Waals surface area (Å²) in [5.74, 6) is -13.0. The van der Waals surface area contributed by atoms with Crippen molar-refractivity contribution >= 4 is 40.8 Å². The molecule has 12 heteroatoms. The molecule has 0 bridgehead atoms. The van der Waals surface area contributed by atoms with Crippen LogP contribution in [0, 0.1) is 23.7 Å². The third-order valence-electron chi connectivity index (χ3n) is 7.68. The smallest absolute Gasteiger partial charge is 0.235 e. The Morgan fingerprint density at radius 3 is 2.42 bits per heavy atom. The molecule has 0 heterocycles. The van der Waals surface area contributed by atoms with Gasteiger partial charge in [0.1, 0.15) is 5.75 Å². The molecule has 11 nitrogen and oxygen atoms in total. The molecule has 0 aromatic heterocycles. The van der Waals surface area contributed by atoms with Crippen molar-refractivity contribution in [3.05, 3.63) is 29.3 Å². The Kier molecular flexibility index (Phi) is 6.86. The molecule has 1 aromatic carbocycles. The number of Topliss-reactive ketones (excluding diaryl/α,β-unsaturated/α-hetero) is 4. The molecule has 3 aliphatic rings. The highest BCUT2D eigenvalue weighted by Gasteiger charge is 2.73. The van der Waals surface area contributed by atoms with Crippen LogP contribution < -0.4 is 5.73 Å². The van der Waals surface area contributed by atoms with E-state index in [1.54, 1.807) is 6.07 Å². The van der Waals surface area contributed by atoms with Gasteiger partial charge >= 0.3 is 0 Å². The Morgan fingerprint density at radius 2 is 1.83 bits per heavy atom. The maximum Gasteiger partial charge on any atom is 0.235 e. The van der Waals surface area contributed by atoms with E-state index in [0.29, 0.717) is 11.3 Å². The van der Waals surface area contributed by atoms with Gasteiger partial charge in [0.05, 0.1) is 36.2 Å². The second-order valence-corrected chi connectivity index (χ2v) is 10.9. The number of nitrogens with two attached hydrogens (primary N) is 1. The summed E-state index contributed by atoms with van der Waals surface area (Å²) in [6, 6.07) is 2.96. The SMILES string of the molecule is CN(C)[C@@H]1C(=O)C(C(N)=O)C(=O)[C@@]2(O)C(=O)C3C(=O)c4c(O)cccc4[C@H](CSCCO)C3[C@H](O)C12. The number of thioether (sulfide) groups is 1. The Balaban J connectivity index is 1.94. The van der Waals surface area contributed by atoms with E-state index in [2.05, 4.69) is 0 Å². The van der Waals surface area contributed by atoms with Gasteiger partial charge in [0.15, 0.2) is 34.7 Å². The number of phenols is 1. The maximum absolute atomic E-state index is 13.9. The number of fused-ring (bicyclic) bond motifs is 3. The Labute approximate surface area is 210 Å². The highest BCUT2D eigenvalue weighted by molar-refractivity contribution is 7.99. The van der Waals surface area contributed by atoms with Gasteiger partial charge in [0.25, 0.3) is 0 Å². The van der Waals surface area contributed by atoms with Crippen molar-refractivity contribution in [3.63, 3.8) is 0 Å². The number of primary amides is 1. The van der Waals surface area contributed by atoms with E-state index in [1.165, 1.54) is 42.9 Å². The van der Waals surface area contributed by atoms with Crippen LogP contribution in [0.2, 0.25) is 0 Å². The number of hydrogen-bond acceptors (Lipinski definition) is 11. The van der Waals surface area contributed by atoms with Crippen molar-refractivity contribution in [1.29, 1.82) is 0 Å². The molecule has 1 aromatic rings. The number of aliphatic hydroxyl groups excluding tert-OH is 2. The van der Waals surface area contributed by atoms with Crippen LogP contribution in [0.3, 0.4) is 0 Å². The zero-order valence-electron chi connectivity index (χ0n) is 19.7. The first-order valence-corrected chi connectivity index (χ1v) is 12.6. The quantitative estimate of drug-likeness (QED) is 0.208. The number of likely N-dealkylation sites (N-methyl/N-ethyl adjacent to an activating group) is 1. The summed E-state index contributed by atoms with van der Waals surface area (Å²) in [5.41, 5.74) is 2.51. The number of hydrogen-bond donors (Lipinski definition) is 5. The first kappa shape index (κ1) is 26.4. The van der Waals surface area contributed by atoms with E-state index in [-0.39, 0.29) is 17.9 Å². The van der Waals surface area contributed by atoms with Gasteiger partial charge in [0.2, 0.25) is 5.91 Å². The van der Waals surface area contributed by atoms with Gasteiger partial charge < -0.3 is 26.2 Å². The number of carbonyl (C=O) groups is 5. The van der Waals surface area contributed by atoms with Gasteiger partial charge in [-0.25, -0.2) is 0 Å². The second kappa shape index (κ2) is 9.34. The van der Waals surface area contributed by atoms with Gasteiger partial charge in [-0.05, 0) is 25.7 Å². The minimum Gasteiger partial charge on any atom is -0.507 e. The average molecular weight is 521 g/mol. The lowest BCUT2D eigenvalue weighted by Gasteiger charge is -2.56. The summed E-state index contributed by atoms with van der Waals surface area (Å²) in [6.07, 6.45) is -1.69. The molecule has 1 amide bonds. The van der Waals surface area contributed by atoms with E-state index >= 15 is 0 Å². The maximum atomic E-state index is 13.9. The first-order valence-electron chi connectivity index (χ1n) is 11.4. The second-order valence-electron chi connectivity index (χ2n) is 9.72. The van der Waals surface area contributed by atoms with Crippen molar-refractivity contribution in [2.75, 3.05) is 32.2 Å². The Morgan fingerprint density at radius 1 is 1.17 bits per heavy atom. The molecule has 0 spiro atoms. The molecule has 4 unspecified atom stereocenters. The van der Waals surface area contributed by atoms with E-state index in [1.807, 2.05) is 0 Å². The van der Waals surface area contributed by atoms with E-state index in [9.17, 15) is 44.4 Å². The fraction of sp³-hybridized carbons (Fsp3) is 0.542. The molecular formula is C24H28N2O9S. The van der Waals surface area contributed by atoms with Crippen LogP contribution in [-0.4, -0.2) is 104 Å². The van der Waals surface area contributed by atoms with Gasteiger partial charge in [-0.2, -0.15) is 11.8 Å². The monoisotopic (exact) mass is 520 g/mol. The van der Waals surface area contributed by atoms with E-state index < -0.39 is 82.1 Å². The lowest BCUT2D eigenvalue weighted by atomic mass is 9.49. The molecule has 6 N–H and O–H groups in total. The van der Waals surface area contributed by atoms with Crippen LogP contribution in [0.15, 0.2) is 18.2 Å². The molecule has 0 saturated heterocycles. The average Bonchev–Trinajstić information content (AvgIpc) is 2.80. The lowest BCUT2D eigenvalue weighted by molar-refractivity contribution is -0.196. The van der Waals surface area contributed by atoms with Gasteiger partial charge in [-0.15, -0.1) is 0 Å². The number of carbonyl (C=O) groups excluding carboxylic acids is 5. The van der Waals surface area contributed by atoms with Crippen LogP contribution in [-0.2, 0) is 19.2 Å². The van der Waals surface area contributed by atoms with Crippen LogP contribution in [0.4, 0.5) is 0 Å². The largest absolute Gasteiger partial charge is 0.507 e. The van der Waals surface area contributed by atoms with Crippen LogP contribution in [0.25, 0.3) is 0 Å². The van der Waals surface area contributed by atoms with Gasteiger partial charge in [-0.1, -0.05) is 12.1 Å². The number of ketones is 4. The van der Waals surface area contributed by atoms with Gasteiger partial charge in [-0.3, -0.25) is 28.9 Å². The van der Waals surface area contributed by atoms with Crippen molar-refractivity contribution < 1.29 is 44.4 Å². The number of amides is 1. The molecule has 2 fully saturated rings. The van der Waals surface area contributed by atoms with Crippen LogP contribution in [0.5, 0.6) is 5.75 Å². The molecule has 2 saturated carbocycles. The fourth-order valence-electron chi connectivity index (χ4n) is 6.24. The summed E-state index contributed by atoms with van der Waals surface area (Å²) >= 11 is 1.30. The number of aliphatic hydroxyl groups is 3. The predicted octanol–water partition coefficient (Wildman–Crippen LogP) is -1.90. The molecule has 8 atom stereocenters. The molecule has 0 radical (unpaired) electrons. The molecule has 3 aliphatic carbocycles. The van der Waals surface area contributed by atoms with Gasteiger partial charge in [0, 0.05) is 23.3 Å². The molecule has 36 heavy (non-hydrogen) atoms. The van der Waals surface area contributed by atoms with Crippen molar-refractivity contribution in [1.82, 2.24) is 4.90 Å². The Bertz CT molecular complexity index is 1150. The zero-order valence-corrected chi connectivity index (χ0v) is 20.5. The van der Waals surface area contributed by atoms with Crippen LogP contribution >= 0.6 is 11.8 Å². The van der Waals surface area contributed by atoms with E-state index in [4.69, 9.17) is 5.73 Å². The van der Waals surface area contributed by atoms with Crippen molar-refractivity contribution in [2.45, 2.75) is 23.7 Å². The predicted molar refractivity (Wildman–Crippen MR) is 126 cm³/mol. The summed E-state index contributed by atoms with van der Waals surface area (Å²) < 4.78 is 0. The number of rotatable bonds is 6. The number of phenolic OH excluding ortho intramolecular Hbond substituents is 1. The van der Waals surface area contributed by atoms with Crippen LogP contribution in [0.1, 0.15) is 21.8 Å². The summed E-state index contributed by atoms with van der Waals surface area (Å²) in [5, 5.41) is 43.0. The molecular weight excluding hydrogens is 492 g/mol. The minimum absolute atomic E-state index is 0.138. The standard InChI is InChI=1S/C24H28N2O9S/c1-26(2)17-16-19(30)13-10(8-36-7-6-27)9-4-3-5-11(28)12(9)18(29)14(13)21(32)24(16,35)22(33)15(20(17)31)23(25)34/h3-5,10,13-17,19,27-28,30,35H,6-8H2,1-2H3,(H2,25,34)/t10-,13?,14?,15?,16?,17-,19-,24-/m0/s1. The van der Waals surface area contributed by atoms with E-state index in [0.717, 1.165) is 0 Å². The topological polar surface area (TPSA) is 196 Å². The zero-order chi connectivity index (χ0) is 26.7. The molecule has 194 valence electrons. The molecule has 4 rings (SSSR count). The fourth-order valence-corrected chi connectivity index (χ4v) is 7.19.